The molecule has 0 saturated carbocycles. The third-order valence-electron chi connectivity index (χ3n) is 3.06. The van der Waals surface area contributed by atoms with E-state index in [1.807, 2.05) is 30.3 Å². The van der Waals surface area contributed by atoms with Gasteiger partial charge in [0.25, 0.3) is 0 Å². The molecule has 0 bridgehead atoms. The zero-order valence-corrected chi connectivity index (χ0v) is 13.0. The molecule has 0 saturated heterocycles. The Morgan fingerprint density at radius 1 is 1.55 bits per heavy atom. The average molecular weight is 317 g/mol. The van der Waals surface area contributed by atoms with Crippen molar-refractivity contribution in [2.45, 2.75) is 12.2 Å². The summed E-state index contributed by atoms with van der Waals surface area (Å²) in [5, 5.41) is 19.2. The normalized spacial score (nSPS) is 13.3. The Kier molecular flexibility index (Phi) is 5.07. The average Bonchev–Trinajstić information content (AvgIpc) is 2.96. The lowest BCUT2D eigenvalue weighted by Gasteiger charge is -2.10. The van der Waals surface area contributed by atoms with Gasteiger partial charge in [-0.1, -0.05) is 12.1 Å². The van der Waals surface area contributed by atoms with Crippen molar-refractivity contribution in [3.63, 3.8) is 0 Å². The lowest BCUT2D eigenvalue weighted by molar-refractivity contribution is -0.137. The maximum absolute atomic E-state index is 11.1. The third-order valence-corrected chi connectivity index (χ3v) is 4.18. The van der Waals surface area contributed by atoms with Crippen LogP contribution >= 0.6 is 11.8 Å². The first-order valence-electron chi connectivity index (χ1n) is 6.53. The van der Waals surface area contributed by atoms with Crippen LogP contribution in [0.2, 0.25) is 0 Å². The molecule has 114 valence electrons. The number of H-pyrrole nitrogens is 1. The van der Waals surface area contributed by atoms with Crippen LogP contribution in [0.5, 0.6) is 0 Å². The number of esters is 1. The van der Waals surface area contributed by atoms with Gasteiger partial charge in [0, 0.05) is 0 Å². The number of rotatable bonds is 5. The van der Waals surface area contributed by atoms with Crippen molar-refractivity contribution in [1.82, 2.24) is 9.97 Å². The van der Waals surface area contributed by atoms with Gasteiger partial charge in [0.05, 0.1) is 29.1 Å². The molecule has 0 aliphatic carbocycles. The van der Waals surface area contributed by atoms with E-state index in [9.17, 15) is 15.2 Å². The van der Waals surface area contributed by atoms with Crippen molar-refractivity contribution in [3.8, 4) is 6.07 Å². The third kappa shape index (κ3) is 3.40. The smallest absolute Gasteiger partial charge is 0.315 e. The van der Waals surface area contributed by atoms with E-state index in [-0.39, 0.29) is 23.1 Å². The van der Waals surface area contributed by atoms with Gasteiger partial charge in [-0.3, -0.25) is 4.79 Å². The zero-order chi connectivity index (χ0) is 16.1. The van der Waals surface area contributed by atoms with E-state index in [1.54, 1.807) is 6.92 Å². The molecule has 6 nitrogen and oxygen atoms in total. The molecule has 2 aromatic rings. The number of nitrogens with one attached hydrogen (secondary N) is 1. The van der Waals surface area contributed by atoms with Crippen molar-refractivity contribution >= 4 is 34.3 Å². The summed E-state index contributed by atoms with van der Waals surface area (Å²) >= 11 is 1.19. The summed E-state index contributed by atoms with van der Waals surface area (Å²) in [5.41, 5.74) is 1.57. The molecule has 0 aliphatic rings. The maximum Gasteiger partial charge on any atom is 0.315 e. The van der Waals surface area contributed by atoms with E-state index >= 15 is 0 Å². The number of fused-ring (bicyclic) bond motifs is 1. The number of carbonyl (C=O) groups is 1. The summed E-state index contributed by atoms with van der Waals surface area (Å²) in [5.74, 6) is -0.0883. The number of aromatic amines is 1. The van der Waals surface area contributed by atoms with Gasteiger partial charge in [-0.15, -0.1) is 11.8 Å². The van der Waals surface area contributed by atoms with E-state index in [4.69, 9.17) is 0 Å². The topological polar surface area (TPSA) is 99.0 Å². The second kappa shape index (κ2) is 7.00. The number of hydrogen-bond acceptors (Lipinski definition) is 6. The number of hydrogen-bond donors (Lipinski definition) is 2. The maximum atomic E-state index is 11.1. The van der Waals surface area contributed by atoms with E-state index in [0.717, 1.165) is 5.52 Å². The molecule has 7 heteroatoms. The molecule has 1 unspecified atom stereocenters. The van der Waals surface area contributed by atoms with Gasteiger partial charge in [-0.25, -0.2) is 4.98 Å². The molecule has 0 aliphatic heterocycles. The predicted molar refractivity (Wildman–Crippen MR) is 85.2 cm³/mol. The van der Waals surface area contributed by atoms with Crippen LogP contribution in [0.4, 0.5) is 0 Å². The Morgan fingerprint density at radius 3 is 2.91 bits per heavy atom. The van der Waals surface area contributed by atoms with Crippen molar-refractivity contribution < 1.29 is 14.6 Å². The highest BCUT2D eigenvalue weighted by atomic mass is 32.2. The van der Waals surface area contributed by atoms with Gasteiger partial charge in [0.1, 0.15) is 17.4 Å². The SMILES string of the molecule is COC(=O)CSC(C)/C(O)=C(\C#N)c1nc2ccccc2[nH]1. The molecule has 1 heterocycles. The van der Waals surface area contributed by atoms with E-state index < -0.39 is 5.25 Å². The van der Waals surface area contributed by atoms with Crippen LogP contribution < -0.4 is 0 Å². The number of carbonyl (C=O) groups excluding carboxylic acids is 1. The largest absolute Gasteiger partial charge is 0.510 e. The molecule has 0 amide bonds. The summed E-state index contributed by atoms with van der Waals surface area (Å²) < 4.78 is 4.55. The number of nitrogens with zero attached hydrogens (tertiary/aromatic N) is 2. The molecule has 2 N–H and O–H groups in total. The highest BCUT2D eigenvalue weighted by Crippen LogP contribution is 2.25. The van der Waals surface area contributed by atoms with Crippen molar-refractivity contribution in [1.29, 1.82) is 5.26 Å². The highest BCUT2D eigenvalue weighted by molar-refractivity contribution is 8.00. The Morgan fingerprint density at radius 2 is 2.27 bits per heavy atom. The number of allylic oxidation sites excluding steroid dienone is 1. The van der Waals surface area contributed by atoms with E-state index in [1.165, 1.54) is 18.9 Å². The Balaban J connectivity index is 2.28. The van der Waals surface area contributed by atoms with Crippen LogP contribution in [0.3, 0.4) is 0 Å². The standard InChI is InChI=1S/C15H15N3O3S/c1-9(22-8-13(19)21-2)14(20)10(7-16)15-17-11-5-3-4-6-12(11)18-15/h3-6,9,20H,8H2,1-2H3,(H,17,18)/b14-10-. The van der Waals surface area contributed by atoms with Gasteiger partial charge >= 0.3 is 5.97 Å². The lowest BCUT2D eigenvalue weighted by atomic mass is 10.2. The molecule has 1 aromatic heterocycles. The zero-order valence-electron chi connectivity index (χ0n) is 12.2. The summed E-state index contributed by atoms with van der Waals surface area (Å²) in [6, 6.07) is 9.33. The summed E-state index contributed by atoms with van der Waals surface area (Å²) in [4.78, 5) is 18.4. The van der Waals surface area contributed by atoms with Crippen LogP contribution in [-0.2, 0) is 9.53 Å². The first kappa shape index (κ1) is 15.9. The van der Waals surface area contributed by atoms with Crippen LogP contribution in [0.15, 0.2) is 30.0 Å². The number of aliphatic hydroxyl groups excluding tert-OH is 1. The van der Waals surface area contributed by atoms with Crippen molar-refractivity contribution in [3.05, 3.63) is 35.8 Å². The Labute approximate surface area is 131 Å². The summed E-state index contributed by atoms with van der Waals surface area (Å²) in [6.45, 7) is 1.71. The predicted octanol–water partition coefficient (Wildman–Crippen LogP) is 2.65. The number of aromatic nitrogens is 2. The Hall–Kier alpha value is -2.46. The number of aliphatic hydroxyl groups is 1. The number of imidazole rings is 1. The quantitative estimate of drug-likeness (QED) is 0.499. The Bertz CT molecular complexity index is 728. The lowest BCUT2D eigenvalue weighted by Crippen LogP contribution is -2.10. The van der Waals surface area contributed by atoms with Gasteiger partial charge in [-0.05, 0) is 19.1 Å². The first-order valence-corrected chi connectivity index (χ1v) is 7.58. The second-order valence-electron chi connectivity index (χ2n) is 4.50. The molecule has 2 rings (SSSR count). The molecule has 0 fully saturated rings. The fourth-order valence-electron chi connectivity index (χ4n) is 1.84. The summed E-state index contributed by atoms with van der Waals surface area (Å²) in [7, 11) is 1.30. The fraction of sp³-hybridized carbons (Fsp3) is 0.267. The van der Waals surface area contributed by atoms with E-state index in [2.05, 4.69) is 14.7 Å². The summed E-state index contributed by atoms with van der Waals surface area (Å²) in [6.07, 6.45) is 0. The van der Waals surface area contributed by atoms with Gasteiger partial charge in [0.2, 0.25) is 0 Å². The fourth-order valence-corrected chi connectivity index (χ4v) is 2.62. The first-order chi connectivity index (χ1) is 10.6. The monoisotopic (exact) mass is 317 g/mol. The minimum atomic E-state index is -0.429. The van der Waals surface area contributed by atoms with Crippen LogP contribution in [0.1, 0.15) is 12.7 Å². The molecule has 0 radical (unpaired) electrons. The number of methoxy groups -OCH3 is 1. The minimum Gasteiger partial charge on any atom is -0.510 e. The van der Waals surface area contributed by atoms with Crippen molar-refractivity contribution in [2.75, 3.05) is 12.9 Å². The molecular formula is C15H15N3O3S. The van der Waals surface area contributed by atoms with Gasteiger partial charge in [0.15, 0.2) is 5.82 Å². The molecule has 1 aromatic carbocycles. The minimum absolute atomic E-state index is 0.0704. The molecule has 0 spiro atoms. The molecule has 1 atom stereocenters. The van der Waals surface area contributed by atoms with Crippen LogP contribution in [-0.4, -0.2) is 39.2 Å². The number of ether oxygens (including phenoxy) is 1. The number of nitriles is 1. The molecule has 22 heavy (non-hydrogen) atoms. The van der Waals surface area contributed by atoms with Gasteiger partial charge < -0.3 is 14.8 Å². The number of benzene rings is 1. The van der Waals surface area contributed by atoms with Crippen LogP contribution in [0.25, 0.3) is 16.6 Å². The number of para-hydroxylation sites is 2. The van der Waals surface area contributed by atoms with E-state index in [0.29, 0.717) is 11.3 Å². The van der Waals surface area contributed by atoms with Crippen molar-refractivity contribution in [2.24, 2.45) is 0 Å². The highest BCUT2D eigenvalue weighted by Gasteiger charge is 2.19. The van der Waals surface area contributed by atoms with Crippen LogP contribution in [0, 0.1) is 11.3 Å². The second-order valence-corrected chi connectivity index (χ2v) is 5.83. The molecular weight excluding hydrogens is 302 g/mol. The van der Waals surface area contributed by atoms with Gasteiger partial charge in [-0.2, -0.15) is 5.26 Å². The number of thioether (sulfide) groups is 1.